The molecule has 0 aliphatic heterocycles. The molecule has 2 rings (SSSR count). The molecule has 1 N–H and O–H groups in total. The molecule has 0 aromatic carbocycles. The number of anilines is 1. The maximum atomic E-state index is 4.21. The molecule has 1 aliphatic carbocycles. The highest BCUT2D eigenvalue weighted by atomic mass is 32.1. The number of hydrogen-bond donors (Lipinski definition) is 1. The lowest BCUT2D eigenvalue weighted by Gasteiger charge is -2.20. The quantitative estimate of drug-likeness (QED) is 0.794. The first-order valence-corrected chi connectivity index (χ1v) is 6.85. The average Bonchev–Trinajstić information content (AvgIpc) is 3.05. The Morgan fingerprint density at radius 3 is 2.94 bits per heavy atom. The summed E-state index contributed by atoms with van der Waals surface area (Å²) in [6.45, 7) is 4.40. The van der Waals surface area contributed by atoms with E-state index >= 15 is 0 Å². The fourth-order valence-corrected chi connectivity index (χ4v) is 2.41. The third-order valence-corrected chi connectivity index (χ3v) is 3.78. The van der Waals surface area contributed by atoms with Crippen molar-refractivity contribution in [3.05, 3.63) is 5.69 Å². The summed E-state index contributed by atoms with van der Waals surface area (Å²) >= 11 is 1.45. The Morgan fingerprint density at radius 2 is 2.31 bits per heavy atom. The van der Waals surface area contributed by atoms with Gasteiger partial charge in [-0.05, 0) is 25.8 Å². The molecule has 1 aromatic heterocycles. The Balaban J connectivity index is 1.94. The van der Waals surface area contributed by atoms with Crippen molar-refractivity contribution in [1.82, 2.24) is 14.5 Å². The van der Waals surface area contributed by atoms with E-state index in [2.05, 4.69) is 26.7 Å². The fraction of sp³-hybridized carbons (Fsp3) is 0.818. The molecule has 0 radical (unpaired) electrons. The largest absolute Gasteiger partial charge is 0.377 e. The fourth-order valence-electron chi connectivity index (χ4n) is 1.89. The van der Waals surface area contributed by atoms with Gasteiger partial charge >= 0.3 is 0 Å². The predicted octanol–water partition coefficient (Wildman–Crippen LogP) is 2.34. The highest BCUT2D eigenvalue weighted by Gasteiger charge is 2.29. The molecular formula is C11H20N4S. The third-order valence-electron chi connectivity index (χ3n) is 3.00. The number of unbranched alkanes of at least 4 members (excludes halogenated alkanes) is 1. The maximum absolute atomic E-state index is 4.21. The van der Waals surface area contributed by atoms with Crippen LogP contribution in [0, 0.1) is 0 Å². The molecule has 0 saturated heterocycles. The second kappa shape index (κ2) is 5.59. The van der Waals surface area contributed by atoms with E-state index in [4.69, 9.17) is 0 Å². The van der Waals surface area contributed by atoms with Crippen molar-refractivity contribution >= 4 is 16.5 Å². The molecule has 0 amide bonds. The molecule has 16 heavy (non-hydrogen) atoms. The van der Waals surface area contributed by atoms with Crippen LogP contribution in [0.5, 0.6) is 0 Å². The average molecular weight is 240 g/mol. The number of aromatic nitrogens is 2. The maximum Gasteiger partial charge on any atom is 0.134 e. The molecule has 0 atom stereocenters. The predicted molar refractivity (Wildman–Crippen MR) is 67.8 cm³/mol. The van der Waals surface area contributed by atoms with Gasteiger partial charge in [-0.15, -0.1) is 5.10 Å². The van der Waals surface area contributed by atoms with Gasteiger partial charge in [-0.1, -0.05) is 17.8 Å². The molecule has 90 valence electrons. The normalized spacial score (nSPS) is 15.7. The van der Waals surface area contributed by atoms with Crippen LogP contribution in [0.4, 0.5) is 5.00 Å². The Bertz CT molecular complexity index is 322. The Kier molecular flexibility index (Phi) is 4.12. The lowest BCUT2D eigenvalue weighted by atomic mass is 10.3. The summed E-state index contributed by atoms with van der Waals surface area (Å²) < 4.78 is 4.01. The molecule has 1 fully saturated rings. The van der Waals surface area contributed by atoms with E-state index < -0.39 is 0 Å². The van der Waals surface area contributed by atoms with E-state index in [-0.39, 0.29) is 0 Å². The van der Waals surface area contributed by atoms with Crippen LogP contribution in [0.15, 0.2) is 0 Å². The van der Waals surface area contributed by atoms with Crippen molar-refractivity contribution in [2.24, 2.45) is 0 Å². The summed E-state index contributed by atoms with van der Waals surface area (Å²) in [6, 6.07) is 0.804. The molecular weight excluding hydrogens is 220 g/mol. The first-order valence-electron chi connectivity index (χ1n) is 6.08. The number of hydrogen-bond acceptors (Lipinski definition) is 5. The van der Waals surface area contributed by atoms with E-state index in [0.717, 1.165) is 23.3 Å². The zero-order chi connectivity index (χ0) is 11.4. The topological polar surface area (TPSA) is 41.1 Å². The van der Waals surface area contributed by atoms with E-state index in [0.29, 0.717) is 0 Å². The highest BCUT2D eigenvalue weighted by molar-refractivity contribution is 7.10. The Hall–Kier alpha value is -0.680. The van der Waals surface area contributed by atoms with Crippen LogP contribution in [-0.4, -0.2) is 34.1 Å². The van der Waals surface area contributed by atoms with E-state index in [1.165, 1.54) is 43.8 Å². The van der Waals surface area contributed by atoms with Crippen LogP contribution < -0.4 is 5.32 Å². The van der Waals surface area contributed by atoms with Gasteiger partial charge < -0.3 is 5.32 Å². The van der Waals surface area contributed by atoms with Crippen LogP contribution >= 0.6 is 11.5 Å². The van der Waals surface area contributed by atoms with Crippen molar-refractivity contribution in [2.45, 2.75) is 45.2 Å². The number of nitrogens with one attached hydrogen (secondary N) is 1. The monoisotopic (exact) mass is 240 g/mol. The smallest absolute Gasteiger partial charge is 0.134 e. The van der Waals surface area contributed by atoms with Crippen LogP contribution in [0.2, 0.25) is 0 Å². The second-order valence-corrected chi connectivity index (χ2v) is 5.11. The van der Waals surface area contributed by atoms with Gasteiger partial charge in [-0.3, -0.25) is 4.90 Å². The van der Waals surface area contributed by atoms with Crippen molar-refractivity contribution in [3.8, 4) is 0 Å². The molecule has 0 spiro atoms. The number of nitrogens with zero attached hydrogens (tertiary/aromatic N) is 3. The van der Waals surface area contributed by atoms with Crippen LogP contribution in [0.3, 0.4) is 0 Å². The first-order chi connectivity index (χ1) is 7.85. The van der Waals surface area contributed by atoms with Crippen LogP contribution in [0.25, 0.3) is 0 Å². The molecule has 0 unspecified atom stereocenters. The number of rotatable bonds is 7. The minimum atomic E-state index is 0.804. The van der Waals surface area contributed by atoms with Gasteiger partial charge in [0.2, 0.25) is 0 Å². The lowest BCUT2D eigenvalue weighted by molar-refractivity contribution is 0.248. The van der Waals surface area contributed by atoms with Crippen molar-refractivity contribution < 1.29 is 0 Å². The third kappa shape index (κ3) is 2.92. The second-order valence-electron chi connectivity index (χ2n) is 4.35. The van der Waals surface area contributed by atoms with E-state index in [1.54, 1.807) is 0 Å². The van der Waals surface area contributed by atoms with Gasteiger partial charge in [0, 0.05) is 31.2 Å². The van der Waals surface area contributed by atoms with Gasteiger partial charge in [0.25, 0.3) is 0 Å². The van der Waals surface area contributed by atoms with Gasteiger partial charge in [-0.2, -0.15) is 0 Å². The van der Waals surface area contributed by atoms with Gasteiger partial charge in [0.05, 0.1) is 0 Å². The molecule has 1 aliphatic rings. The van der Waals surface area contributed by atoms with Crippen molar-refractivity contribution in [2.75, 3.05) is 18.9 Å². The zero-order valence-electron chi connectivity index (χ0n) is 10.1. The Labute approximate surface area is 101 Å². The summed E-state index contributed by atoms with van der Waals surface area (Å²) in [7, 11) is 1.94. The van der Waals surface area contributed by atoms with Crippen molar-refractivity contribution in [3.63, 3.8) is 0 Å². The van der Waals surface area contributed by atoms with E-state index in [1.807, 2.05) is 7.05 Å². The van der Waals surface area contributed by atoms with Crippen molar-refractivity contribution in [1.29, 1.82) is 0 Å². The zero-order valence-corrected chi connectivity index (χ0v) is 10.9. The minimum absolute atomic E-state index is 0.804. The molecule has 1 saturated carbocycles. The standard InChI is InChI=1S/C11H20N4S/c1-3-4-7-15(9-5-6-9)8-10-11(12-2)16-14-13-10/h9,12H,3-8H2,1-2H3. The summed E-state index contributed by atoms with van der Waals surface area (Å²) in [5.41, 5.74) is 1.11. The van der Waals surface area contributed by atoms with Gasteiger partial charge in [0.15, 0.2) is 0 Å². The SMILES string of the molecule is CCCCN(Cc1nnsc1NC)C1CC1. The summed E-state index contributed by atoms with van der Waals surface area (Å²) in [6.07, 6.45) is 5.26. The molecule has 1 aromatic rings. The lowest BCUT2D eigenvalue weighted by Crippen LogP contribution is -2.27. The van der Waals surface area contributed by atoms with E-state index in [9.17, 15) is 0 Å². The minimum Gasteiger partial charge on any atom is -0.377 e. The molecule has 5 heteroatoms. The Morgan fingerprint density at radius 1 is 1.50 bits per heavy atom. The summed E-state index contributed by atoms with van der Waals surface area (Å²) in [5, 5.41) is 8.49. The van der Waals surface area contributed by atoms with Gasteiger partial charge in [-0.25, -0.2) is 0 Å². The molecule has 0 bridgehead atoms. The van der Waals surface area contributed by atoms with Crippen LogP contribution in [-0.2, 0) is 6.54 Å². The first kappa shape index (κ1) is 11.8. The van der Waals surface area contributed by atoms with Crippen LogP contribution in [0.1, 0.15) is 38.3 Å². The highest BCUT2D eigenvalue weighted by Crippen LogP contribution is 2.30. The van der Waals surface area contributed by atoms with Gasteiger partial charge in [0.1, 0.15) is 10.7 Å². The molecule has 1 heterocycles. The summed E-state index contributed by atoms with van der Waals surface area (Å²) in [4.78, 5) is 2.56. The molecule has 4 nitrogen and oxygen atoms in total. The summed E-state index contributed by atoms with van der Waals surface area (Å²) in [5.74, 6) is 0.